The van der Waals surface area contributed by atoms with Gasteiger partial charge in [0.2, 0.25) is 0 Å². The van der Waals surface area contributed by atoms with E-state index in [9.17, 15) is 0 Å². The predicted molar refractivity (Wildman–Crippen MR) is 100.0 cm³/mol. The average molecular weight is 294 g/mol. The second kappa shape index (κ2) is 6.10. The van der Waals surface area contributed by atoms with Crippen LogP contribution in [0.15, 0.2) is 84.9 Å². The molecule has 3 aromatic rings. The molecule has 0 N–H and O–H groups in total. The summed E-state index contributed by atoms with van der Waals surface area (Å²) in [4.78, 5) is 0. The van der Waals surface area contributed by atoms with E-state index in [0.717, 1.165) is 6.42 Å². The Balaban J connectivity index is 1.77. The normalized spacial score (nSPS) is 12.7. The molecule has 0 spiro atoms. The van der Waals surface area contributed by atoms with Gasteiger partial charge in [-0.15, -0.1) is 0 Å². The molecule has 110 valence electrons. The molecule has 0 bridgehead atoms. The molecule has 0 unspecified atom stereocenters. The fourth-order valence-corrected chi connectivity index (χ4v) is 3.10. The van der Waals surface area contributed by atoms with E-state index in [-0.39, 0.29) is 0 Å². The van der Waals surface area contributed by atoms with Crippen LogP contribution in [0.5, 0.6) is 0 Å². The minimum Gasteiger partial charge on any atom is -0.0801 e. The van der Waals surface area contributed by atoms with E-state index >= 15 is 0 Å². The Hall–Kier alpha value is -2.86. The molecule has 0 saturated heterocycles. The molecule has 0 heterocycles. The summed E-state index contributed by atoms with van der Waals surface area (Å²) in [6.07, 6.45) is 9.91. The lowest BCUT2D eigenvalue weighted by Gasteiger charge is -2.10. The van der Waals surface area contributed by atoms with Gasteiger partial charge in [0.05, 0.1) is 0 Å². The highest BCUT2D eigenvalue weighted by atomic mass is 14.1. The van der Waals surface area contributed by atoms with E-state index in [0.29, 0.717) is 0 Å². The van der Waals surface area contributed by atoms with Crippen LogP contribution in [-0.2, 0) is 0 Å². The molecule has 0 nitrogen and oxygen atoms in total. The smallest absolute Gasteiger partial charge is 0.0106 e. The summed E-state index contributed by atoms with van der Waals surface area (Å²) in [6, 6.07) is 25.9. The van der Waals surface area contributed by atoms with Crippen LogP contribution in [0, 0.1) is 0 Å². The Morgan fingerprint density at radius 3 is 2.04 bits per heavy atom. The molecule has 0 fully saturated rings. The molecule has 1 aliphatic rings. The van der Waals surface area contributed by atoms with Gasteiger partial charge in [-0.05, 0) is 39.8 Å². The van der Waals surface area contributed by atoms with Gasteiger partial charge in [-0.25, -0.2) is 0 Å². The maximum Gasteiger partial charge on any atom is -0.0106 e. The van der Waals surface area contributed by atoms with Crippen LogP contribution in [0.2, 0.25) is 0 Å². The van der Waals surface area contributed by atoms with E-state index in [1.807, 2.05) is 0 Å². The molecule has 0 aliphatic heterocycles. The van der Waals surface area contributed by atoms with Crippen molar-refractivity contribution in [3.05, 3.63) is 96.1 Å². The van der Waals surface area contributed by atoms with Crippen LogP contribution >= 0.6 is 0 Å². The second-order valence-electron chi connectivity index (χ2n) is 5.79. The molecule has 3 aromatic carbocycles. The van der Waals surface area contributed by atoms with Crippen molar-refractivity contribution in [3.8, 4) is 22.3 Å². The zero-order valence-electron chi connectivity index (χ0n) is 12.9. The highest BCUT2D eigenvalue weighted by Gasteiger charge is 2.08. The molecular weight excluding hydrogens is 276 g/mol. The number of hydrogen-bond acceptors (Lipinski definition) is 0. The van der Waals surface area contributed by atoms with Gasteiger partial charge in [0.15, 0.2) is 0 Å². The maximum absolute atomic E-state index is 2.25. The van der Waals surface area contributed by atoms with Crippen LogP contribution in [-0.4, -0.2) is 0 Å². The molecule has 0 amide bonds. The molecule has 0 aromatic heterocycles. The van der Waals surface area contributed by atoms with Gasteiger partial charge in [-0.2, -0.15) is 0 Å². The van der Waals surface area contributed by atoms with Gasteiger partial charge >= 0.3 is 0 Å². The van der Waals surface area contributed by atoms with Crippen molar-refractivity contribution in [1.29, 1.82) is 0 Å². The summed E-state index contributed by atoms with van der Waals surface area (Å²) in [5.41, 5.74) is 7.68. The van der Waals surface area contributed by atoms with Gasteiger partial charge in [-0.1, -0.05) is 97.1 Å². The minimum absolute atomic E-state index is 1.00. The SMILES string of the molecule is C1=Cc2cccc(-c3ccc(-c4ccccc4)cc3)c2C=CC1. The van der Waals surface area contributed by atoms with Crippen LogP contribution in [0.1, 0.15) is 17.5 Å². The van der Waals surface area contributed by atoms with Crippen molar-refractivity contribution >= 4 is 12.2 Å². The molecule has 0 radical (unpaired) electrons. The van der Waals surface area contributed by atoms with Crippen molar-refractivity contribution in [1.82, 2.24) is 0 Å². The summed E-state index contributed by atoms with van der Waals surface area (Å²) in [5, 5.41) is 0. The molecule has 0 saturated carbocycles. The van der Waals surface area contributed by atoms with Crippen molar-refractivity contribution in [2.75, 3.05) is 0 Å². The molecule has 1 aliphatic carbocycles. The average Bonchev–Trinajstić information content (AvgIpc) is 2.88. The lowest BCUT2D eigenvalue weighted by Crippen LogP contribution is -1.87. The van der Waals surface area contributed by atoms with Gasteiger partial charge in [0.25, 0.3) is 0 Å². The Bertz CT molecular complexity index is 866. The number of fused-ring (bicyclic) bond motifs is 1. The minimum atomic E-state index is 1.00. The number of allylic oxidation sites excluding steroid dienone is 2. The lowest BCUT2D eigenvalue weighted by molar-refractivity contribution is 1.44. The molecule has 4 rings (SSSR count). The lowest BCUT2D eigenvalue weighted by atomic mass is 9.94. The monoisotopic (exact) mass is 294 g/mol. The van der Waals surface area contributed by atoms with Gasteiger partial charge < -0.3 is 0 Å². The van der Waals surface area contributed by atoms with Crippen LogP contribution in [0.25, 0.3) is 34.4 Å². The zero-order valence-corrected chi connectivity index (χ0v) is 12.9. The third-order valence-electron chi connectivity index (χ3n) is 4.30. The fraction of sp³-hybridized carbons (Fsp3) is 0.0435. The summed E-state index contributed by atoms with van der Waals surface area (Å²) in [7, 11) is 0. The van der Waals surface area contributed by atoms with Crippen molar-refractivity contribution in [2.24, 2.45) is 0 Å². The topological polar surface area (TPSA) is 0 Å². The fourth-order valence-electron chi connectivity index (χ4n) is 3.10. The van der Waals surface area contributed by atoms with Crippen molar-refractivity contribution in [2.45, 2.75) is 6.42 Å². The van der Waals surface area contributed by atoms with Crippen LogP contribution in [0.3, 0.4) is 0 Å². The standard InChI is InChI=1S/C23H18/c1-3-8-18(9-4-1)19-14-16-21(17-15-19)23-13-7-11-20-10-5-2-6-12-22(20)23/h1,3-17H,2H2. The quantitative estimate of drug-likeness (QED) is 0.509. The van der Waals surface area contributed by atoms with Crippen LogP contribution < -0.4 is 0 Å². The molecular formula is C23H18. The summed E-state index contributed by atoms with van der Waals surface area (Å²) in [5.74, 6) is 0. The highest BCUT2D eigenvalue weighted by Crippen LogP contribution is 2.31. The van der Waals surface area contributed by atoms with E-state index in [2.05, 4.69) is 97.1 Å². The van der Waals surface area contributed by atoms with E-state index in [1.165, 1.54) is 33.4 Å². The van der Waals surface area contributed by atoms with Crippen molar-refractivity contribution < 1.29 is 0 Å². The predicted octanol–water partition coefficient (Wildman–Crippen LogP) is 6.45. The molecule has 0 heteroatoms. The molecule has 23 heavy (non-hydrogen) atoms. The van der Waals surface area contributed by atoms with Crippen LogP contribution in [0.4, 0.5) is 0 Å². The first-order chi connectivity index (χ1) is 11.4. The first-order valence-corrected chi connectivity index (χ1v) is 8.04. The first kappa shape index (κ1) is 13.8. The summed E-state index contributed by atoms with van der Waals surface area (Å²) >= 11 is 0. The zero-order chi connectivity index (χ0) is 15.5. The summed E-state index contributed by atoms with van der Waals surface area (Å²) < 4.78 is 0. The maximum atomic E-state index is 2.25. The Labute approximate surface area is 137 Å². The van der Waals surface area contributed by atoms with Crippen molar-refractivity contribution in [3.63, 3.8) is 0 Å². The third-order valence-corrected chi connectivity index (χ3v) is 4.30. The first-order valence-electron chi connectivity index (χ1n) is 8.04. The Morgan fingerprint density at radius 2 is 1.22 bits per heavy atom. The number of rotatable bonds is 2. The van der Waals surface area contributed by atoms with Gasteiger partial charge in [0.1, 0.15) is 0 Å². The number of benzene rings is 3. The second-order valence-corrected chi connectivity index (χ2v) is 5.79. The van der Waals surface area contributed by atoms with E-state index in [1.54, 1.807) is 0 Å². The highest BCUT2D eigenvalue weighted by molar-refractivity contribution is 5.82. The van der Waals surface area contributed by atoms with Gasteiger partial charge in [0, 0.05) is 0 Å². The number of hydrogen-bond donors (Lipinski definition) is 0. The summed E-state index contributed by atoms with van der Waals surface area (Å²) in [6.45, 7) is 0. The molecule has 0 atom stereocenters. The third kappa shape index (κ3) is 2.76. The van der Waals surface area contributed by atoms with Gasteiger partial charge in [-0.3, -0.25) is 0 Å². The Morgan fingerprint density at radius 1 is 0.522 bits per heavy atom. The largest absolute Gasteiger partial charge is 0.0801 e. The van der Waals surface area contributed by atoms with E-state index in [4.69, 9.17) is 0 Å². The Kier molecular flexibility index (Phi) is 3.65. The van der Waals surface area contributed by atoms with E-state index < -0.39 is 0 Å².